The SMILES string of the molecule is CNC(c1cc(C)c(Cl)s1)c1cccc(C)c1C. The molecular formula is C15H18ClNS. The van der Waals surface area contributed by atoms with Crippen LogP contribution in [-0.4, -0.2) is 7.05 Å². The summed E-state index contributed by atoms with van der Waals surface area (Å²) in [5.41, 5.74) is 5.16. The highest BCUT2D eigenvalue weighted by molar-refractivity contribution is 7.16. The molecule has 0 bridgehead atoms. The van der Waals surface area contributed by atoms with Crippen molar-refractivity contribution < 1.29 is 0 Å². The molecule has 0 saturated heterocycles. The van der Waals surface area contributed by atoms with Gasteiger partial charge in [-0.2, -0.15) is 0 Å². The lowest BCUT2D eigenvalue weighted by Gasteiger charge is -2.18. The largest absolute Gasteiger partial charge is 0.309 e. The highest BCUT2D eigenvalue weighted by Crippen LogP contribution is 2.35. The summed E-state index contributed by atoms with van der Waals surface area (Å²) < 4.78 is 0.885. The van der Waals surface area contributed by atoms with E-state index in [2.05, 4.69) is 50.4 Å². The maximum absolute atomic E-state index is 6.18. The molecule has 1 aromatic carbocycles. The van der Waals surface area contributed by atoms with Gasteiger partial charge < -0.3 is 5.32 Å². The van der Waals surface area contributed by atoms with Gasteiger partial charge in [0.15, 0.2) is 0 Å². The maximum Gasteiger partial charge on any atom is 0.0961 e. The van der Waals surface area contributed by atoms with Crippen LogP contribution >= 0.6 is 22.9 Å². The molecule has 0 fully saturated rings. The Morgan fingerprint density at radius 2 is 1.89 bits per heavy atom. The van der Waals surface area contributed by atoms with Crippen LogP contribution in [0, 0.1) is 20.8 Å². The summed E-state index contributed by atoms with van der Waals surface area (Å²) >= 11 is 7.84. The minimum atomic E-state index is 0.223. The molecule has 0 aliphatic rings. The van der Waals surface area contributed by atoms with E-state index in [0.29, 0.717) is 0 Å². The quantitative estimate of drug-likeness (QED) is 0.863. The number of hydrogen-bond acceptors (Lipinski definition) is 2. The van der Waals surface area contributed by atoms with Crippen molar-refractivity contribution in [2.24, 2.45) is 0 Å². The molecule has 0 aliphatic heterocycles. The second-order valence-corrected chi connectivity index (χ2v) is 6.30. The standard InChI is InChI=1S/C15H18ClNS/c1-9-6-5-7-12(11(9)3)14(17-4)13-8-10(2)15(16)18-13/h5-8,14,17H,1-4H3. The fourth-order valence-corrected chi connectivity index (χ4v) is 3.51. The molecule has 1 heterocycles. The molecule has 18 heavy (non-hydrogen) atoms. The highest BCUT2D eigenvalue weighted by atomic mass is 35.5. The first kappa shape index (κ1) is 13.6. The molecule has 0 spiro atoms. The van der Waals surface area contributed by atoms with Crippen molar-refractivity contribution in [3.05, 3.63) is 55.7 Å². The van der Waals surface area contributed by atoms with Crippen molar-refractivity contribution in [3.63, 3.8) is 0 Å². The van der Waals surface area contributed by atoms with Gasteiger partial charge >= 0.3 is 0 Å². The van der Waals surface area contributed by atoms with Crippen molar-refractivity contribution >= 4 is 22.9 Å². The number of halogens is 1. The number of aryl methyl sites for hydroxylation is 2. The van der Waals surface area contributed by atoms with Crippen LogP contribution in [0.25, 0.3) is 0 Å². The van der Waals surface area contributed by atoms with Gasteiger partial charge in [-0.15, -0.1) is 11.3 Å². The minimum absolute atomic E-state index is 0.223. The van der Waals surface area contributed by atoms with Gasteiger partial charge in [0.05, 0.1) is 10.4 Å². The van der Waals surface area contributed by atoms with Crippen molar-refractivity contribution in [2.45, 2.75) is 26.8 Å². The van der Waals surface area contributed by atoms with E-state index < -0.39 is 0 Å². The van der Waals surface area contributed by atoms with Crippen LogP contribution in [-0.2, 0) is 0 Å². The lowest BCUT2D eigenvalue weighted by atomic mass is 9.96. The Morgan fingerprint density at radius 1 is 1.17 bits per heavy atom. The molecule has 96 valence electrons. The minimum Gasteiger partial charge on any atom is -0.309 e. The summed E-state index contributed by atoms with van der Waals surface area (Å²) in [5.74, 6) is 0. The zero-order valence-electron chi connectivity index (χ0n) is 11.2. The molecule has 2 aromatic rings. The molecule has 0 radical (unpaired) electrons. The first-order valence-corrected chi connectivity index (χ1v) is 7.23. The molecule has 1 atom stereocenters. The average molecular weight is 280 g/mol. The Kier molecular flexibility index (Phi) is 4.10. The Balaban J connectivity index is 2.48. The van der Waals surface area contributed by atoms with Gasteiger partial charge in [0.25, 0.3) is 0 Å². The summed E-state index contributed by atoms with van der Waals surface area (Å²) in [7, 11) is 2.00. The van der Waals surface area contributed by atoms with E-state index in [1.54, 1.807) is 11.3 Å². The van der Waals surface area contributed by atoms with Gasteiger partial charge in [-0.3, -0.25) is 0 Å². The zero-order valence-corrected chi connectivity index (χ0v) is 12.7. The highest BCUT2D eigenvalue weighted by Gasteiger charge is 2.18. The van der Waals surface area contributed by atoms with Crippen LogP contribution in [0.5, 0.6) is 0 Å². The third-order valence-corrected chi connectivity index (χ3v) is 5.03. The van der Waals surface area contributed by atoms with E-state index in [9.17, 15) is 0 Å². The van der Waals surface area contributed by atoms with Gasteiger partial charge in [-0.05, 0) is 56.1 Å². The van der Waals surface area contributed by atoms with E-state index >= 15 is 0 Å². The molecule has 2 rings (SSSR count). The predicted octanol–water partition coefficient (Wildman–Crippen LogP) is 4.64. The summed E-state index contributed by atoms with van der Waals surface area (Å²) in [4.78, 5) is 1.27. The third kappa shape index (κ3) is 2.46. The lowest BCUT2D eigenvalue weighted by Crippen LogP contribution is -2.17. The van der Waals surface area contributed by atoms with Gasteiger partial charge in [-0.25, -0.2) is 0 Å². The molecule has 0 amide bonds. The molecule has 1 unspecified atom stereocenters. The number of thiophene rings is 1. The van der Waals surface area contributed by atoms with Crippen LogP contribution in [0.3, 0.4) is 0 Å². The second-order valence-electron chi connectivity index (χ2n) is 4.62. The summed E-state index contributed by atoms with van der Waals surface area (Å²) in [5, 5.41) is 3.40. The molecule has 3 heteroatoms. The molecular weight excluding hydrogens is 262 g/mol. The van der Waals surface area contributed by atoms with Crippen LogP contribution < -0.4 is 5.32 Å². The topological polar surface area (TPSA) is 12.0 Å². The number of benzene rings is 1. The summed E-state index contributed by atoms with van der Waals surface area (Å²) in [6, 6.07) is 8.85. The summed E-state index contributed by atoms with van der Waals surface area (Å²) in [6.07, 6.45) is 0. The summed E-state index contributed by atoms with van der Waals surface area (Å²) in [6.45, 7) is 6.38. The number of hydrogen-bond donors (Lipinski definition) is 1. The Morgan fingerprint density at radius 3 is 2.44 bits per heavy atom. The Hall–Kier alpha value is -0.830. The van der Waals surface area contributed by atoms with Gasteiger partial charge in [-0.1, -0.05) is 29.8 Å². The molecule has 0 saturated carbocycles. The first-order chi connectivity index (χ1) is 8.54. The van der Waals surface area contributed by atoms with Crippen molar-refractivity contribution in [1.82, 2.24) is 5.32 Å². The van der Waals surface area contributed by atoms with E-state index in [4.69, 9.17) is 11.6 Å². The van der Waals surface area contributed by atoms with Crippen LogP contribution in [0.4, 0.5) is 0 Å². The van der Waals surface area contributed by atoms with Gasteiger partial charge in [0.1, 0.15) is 0 Å². The third-order valence-electron chi connectivity index (χ3n) is 3.41. The average Bonchev–Trinajstić information content (AvgIpc) is 2.66. The molecule has 1 aromatic heterocycles. The molecule has 0 aliphatic carbocycles. The van der Waals surface area contributed by atoms with Crippen LogP contribution in [0.15, 0.2) is 24.3 Å². The maximum atomic E-state index is 6.18. The van der Waals surface area contributed by atoms with Crippen LogP contribution in [0.2, 0.25) is 4.34 Å². The molecule has 1 N–H and O–H groups in total. The van der Waals surface area contributed by atoms with E-state index in [1.165, 1.54) is 21.6 Å². The van der Waals surface area contributed by atoms with E-state index in [-0.39, 0.29) is 6.04 Å². The van der Waals surface area contributed by atoms with Crippen molar-refractivity contribution in [1.29, 1.82) is 0 Å². The second kappa shape index (κ2) is 5.43. The smallest absolute Gasteiger partial charge is 0.0961 e. The lowest BCUT2D eigenvalue weighted by molar-refractivity contribution is 0.698. The fraction of sp³-hybridized carbons (Fsp3) is 0.333. The van der Waals surface area contributed by atoms with E-state index in [0.717, 1.165) is 9.90 Å². The van der Waals surface area contributed by atoms with Crippen molar-refractivity contribution in [3.8, 4) is 0 Å². The zero-order chi connectivity index (χ0) is 13.3. The monoisotopic (exact) mass is 279 g/mol. The Bertz CT molecular complexity index is 540. The normalized spacial score (nSPS) is 12.7. The van der Waals surface area contributed by atoms with Gasteiger partial charge in [0.2, 0.25) is 0 Å². The van der Waals surface area contributed by atoms with Gasteiger partial charge in [0, 0.05) is 4.88 Å². The van der Waals surface area contributed by atoms with Crippen molar-refractivity contribution in [2.75, 3.05) is 7.05 Å². The van der Waals surface area contributed by atoms with Crippen LogP contribution in [0.1, 0.15) is 33.2 Å². The number of nitrogens with one attached hydrogen (secondary N) is 1. The number of rotatable bonds is 3. The fourth-order valence-electron chi connectivity index (χ4n) is 2.16. The first-order valence-electron chi connectivity index (χ1n) is 6.03. The molecule has 1 nitrogen and oxygen atoms in total. The van der Waals surface area contributed by atoms with E-state index in [1.807, 2.05) is 7.05 Å². The predicted molar refractivity (Wildman–Crippen MR) is 80.9 cm³/mol. The Labute approximate surface area is 118 Å².